The lowest BCUT2D eigenvalue weighted by Gasteiger charge is -2.24. The van der Waals surface area contributed by atoms with Crippen LogP contribution in [-0.2, 0) is 6.18 Å². The van der Waals surface area contributed by atoms with Crippen LogP contribution in [0.2, 0.25) is 5.02 Å². The van der Waals surface area contributed by atoms with E-state index in [2.05, 4.69) is 20.6 Å². The molecule has 0 spiro atoms. The predicted octanol–water partition coefficient (Wildman–Crippen LogP) is 3.81. The molecule has 0 amide bonds. The first-order valence-corrected chi connectivity index (χ1v) is 9.34. The number of nitrogens with one attached hydrogen (secondary N) is 2. The summed E-state index contributed by atoms with van der Waals surface area (Å²) in [5.74, 6) is 2.88. The summed E-state index contributed by atoms with van der Waals surface area (Å²) in [6.45, 7) is 0.608. The van der Waals surface area contributed by atoms with Gasteiger partial charge in [0.1, 0.15) is 11.6 Å². The van der Waals surface area contributed by atoms with Gasteiger partial charge in [-0.2, -0.15) is 24.9 Å². The summed E-state index contributed by atoms with van der Waals surface area (Å²) in [6.07, 6.45) is -1.49. The van der Waals surface area contributed by atoms with E-state index < -0.39 is 11.7 Å². The van der Waals surface area contributed by atoms with Crippen molar-refractivity contribution in [2.24, 2.45) is 4.99 Å². The molecule has 0 bridgehead atoms. The Balaban J connectivity index is 0.00000338. The zero-order valence-electron chi connectivity index (χ0n) is 14.1. The average molecular weight is 525 g/mol. The Morgan fingerprint density at radius 1 is 1.50 bits per heavy atom. The molecule has 1 fully saturated rings. The normalized spacial score (nSPS) is 18.0. The fourth-order valence-corrected chi connectivity index (χ4v) is 3.54. The molecule has 0 radical (unpaired) electrons. The number of hydrogen-bond donors (Lipinski definition) is 2. The highest BCUT2D eigenvalue weighted by atomic mass is 127. The maximum atomic E-state index is 12.6. The molecule has 1 aromatic rings. The molecule has 148 valence electrons. The molecule has 1 aliphatic rings. The van der Waals surface area contributed by atoms with Gasteiger partial charge in [-0.05, 0) is 24.7 Å². The van der Waals surface area contributed by atoms with Crippen LogP contribution < -0.4 is 15.4 Å². The molecular formula is C15H21ClF3IN4OS. The second-order valence-corrected chi connectivity index (χ2v) is 6.97. The van der Waals surface area contributed by atoms with Gasteiger partial charge in [-0.25, -0.2) is 4.98 Å². The minimum absolute atomic E-state index is 0. The molecule has 2 heterocycles. The number of nitrogens with zero attached hydrogens (tertiary/aromatic N) is 2. The maximum Gasteiger partial charge on any atom is 0.417 e. The van der Waals surface area contributed by atoms with Gasteiger partial charge >= 0.3 is 6.18 Å². The van der Waals surface area contributed by atoms with E-state index >= 15 is 0 Å². The maximum absolute atomic E-state index is 12.6. The van der Waals surface area contributed by atoms with Crippen LogP contribution in [0.25, 0.3) is 0 Å². The largest absolute Gasteiger partial charge is 0.475 e. The number of alkyl halides is 3. The first-order chi connectivity index (χ1) is 11.9. The minimum Gasteiger partial charge on any atom is -0.475 e. The molecule has 1 aromatic heterocycles. The van der Waals surface area contributed by atoms with Gasteiger partial charge < -0.3 is 15.4 Å². The molecule has 1 atom stereocenters. The van der Waals surface area contributed by atoms with E-state index in [-0.39, 0.29) is 41.5 Å². The third-order valence-electron chi connectivity index (χ3n) is 3.49. The summed E-state index contributed by atoms with van der Waals surface area (Å²) in [4.78, 5) is 7.77. The Kier molecular flexibility index (Phi) is 10.2. The van der Waals surface area contributed by atoms with Crippen molar-refractivity contribution >= 4 is 53.3 Å². The Hall–Kier alpha value is -0.620. The predicted molar refractivity (Wildman–Crippen MR) is 110 cm³/mol. The summed E-state index contributed by atoms with van der Waals surface area (Å²) in [5, 5.41) is 6.26. The van der Waals surface area contributed by atoms with Crippen molar-refractivity contribution in [1.29, 1.82) is 0 Å². The van der Waals surface area contributed by atoms with Gasteiger partial charge in [0.15, 0.2) is 5.96 Å². The number of pyridine rings is 1. The molecule has 0 saturated carbocycles. The van der Waals surface area contributed by atoms with E-state index in [9.17, 15) is 13.2 Å². The van der Waals surface area contributed by atoms with Crippen LogP contribution in [0, 0.1) is 0 Å². The number of aromatic nitrogens is 1. The molecule has 1 aliphatic heterocycles. The van der Waals surface area contributed by atoms with E-state index in [4.69, 9.17) is 16.3 Å². The molecule has 2 N–H and O–H groups in total. The van der Waals surface area contributed by atoms with Crippen LogP contribution in [-0.4, -0.2) is 48.7 Å². The Morgan fingerprint density at radius 3 is 2.85 bits per heavy atom. The Bertz CT molecular complexity index is 601. The molecule has 5 nitrogen and oxygen atoms in total. The highest BCUT2D eigenvalue weighted by Crippen LogP contribution is 2.32. The van der Waals surface area contributed by atoms with Crippen molar-refractivity contribution in [2.75, 3.05) is 31.7 Å². The van der Waals surface area contributed by atoms with Crippen molar-refractivity contribution in [3.05, 3.63) is 22.8 Å². The van der Waals surface area contributed by atoms with E-state index in [1.54, 1.807) is 7.05 Å². The van der Waals surface area contributed by atoms with E-state index in [0.29, 0.717) is 24.7 Å². The topological polar surface area (TPSA) is 58.5 Å². The second kappa shape index (κ2) is 11.3. The fourth-order valence-electron chi connectivity index (χ4n) is 2.25. The number of halogens is 5. The number of ether oxygens (including phenoxy) is 1. The highest BCUT2D eigenvalue weighted by molar-refractivity contribution is 14.0. The quantitative estimate of drug-likeness (QED) is 0.266. The van der Waals surface area contributed by atoms with Crippen LogP contribution in [0.4, 0.5) is 13.2 Å². The van der Waals surface area contributed by atoms with Gasteiger partial charge in [-0.15, -0.1) is 24.0 Å². The van der Waals surface area contributed by atoms with Crippen LogP contribution in [0.15, 0.2) is 17.3 Å². The van der Waals surface area contributed by atoms with Gasteiger partial charge in [0.05, 0.1) is 12.1 Å². The first-order valence-electron chi connectivity index (χ1n) is 7.80. The number of rotatable bonds is 5. The van der Waals surface area contributed by atoms with Gasteiger partial charge in [0, 0.05) is 25.0 Å². The fraction of sp³-hybridized carbons (Fsp3) is 0.600. The molecule has 2 rings (SSSR count). The summed E-state index contributed by atoms with van der Waals surface area (Å²) >= 11 is 7.70. The number of thioether (sulfide) groups is 1. The Morgan fingerprint density at radius 2 is 2.27 bits per heavy atom. The smallest absolute Gasteiger partial charge is 0.417 e. The number of aliphatic imine (C=N–C) groups is 1. The zero-order chi connectivity index (χ0) is 18.3. The van der Waals surface area contributed by atoms with Crippen LogP contribution >= 0.6 is 47.3 Å². The molecule has 26 heavy (non-hydrogen) atoms. The van der Waals surface area contributed by atoms with Gasteiger partial charge in [-0.3, -0.25) is 4.99 Å². The van der Waals surface area contributed by atoms with Crippen LogP contribution in [0.1, 0.15) is 18.4 Å². The first kappa shape index (κ1) is 23.4. The molecule has 1 unspecified atom stereocenters. The van der Waals surface area contributed by atoms with Crippen molar-refractivity contribution in [3.8, 4) is 5.88 Å². The van der Waals surface area contributed by atoms with Gasteiger partial charge in [-0.1, -0.05) is 11.6 Å². The number of guanidine groups is 1. The average Bonchev–Trinajstić information content (AvgIpc) is 2.58. The van der Waals surface area contributed by atoms with E-state index in [1.807, 2.05) is 11.8 Å². The SMILES string of the molecule is CN=C(NCCOc1ncc(C(F)(F)F)cc1Cl)NC1CCCSC1.I. The molecule has 11 heteroatoms. The Labute approximate surface area is 176 Å². The van der Waals surface area contributed by atoms with Crippen LogP contribution in [0.3, 0.4) is 0 Å². The summed E-state index contributed by atoms with van der Waals surface area (Å²) < 4.78 is 43.0. The lowest BCUT2D eigenvalue weighted by atomic mass is 10.2. The monoisotopic (exact) mass is 524 g/mol. The minimum atomic E-state index is -4.48. The zero-order valence-corrected chi connectivity index (χ0v) is 18.0. The van der Waals surface area contributed by atoms with E-state index in [1.165, 1.54) is 12.2 Å². The van der Waals surface area contributed by atoms with Crippen molar-refractivity contribution in [1.82, 2.24) is 15.6 Å². The second-order valence-electron chi connectivity index (χ2n) is 5.41. The molecular weight excluding hydrogens is 504 g/mol. The van der Waals surface area contributed by atoms with Crippen LogP contribution in [0.5, 0.6) is 5.88 Å². The van der Waals surface area contributed by atoms with Crippen molar-refractivity contribution < 1.29 is 17.9 Å². The molecule has 0 aliphatic carbocycles. The van der Waals surface area contributed by atoms with Crippen molar-refractivity contribution in [3.63, 3.8) is 0 Å². The summed E-state index contributed by atoms with van der Waals surface area (Å²) in [7, 11) is 1.68. The van der Waals surface area contributed by atoms with Gasteiger partial charge in [0.2, 0.25) is 5.88 Å². The van der Waals surface area contributed by atoms with Crippen molar-refractivity contribution in [2.45, 2.75) is 25.1 Å². The number of hydrogen-bond acceptors (Lipinski definition) is 4. The third-order valence-corrected chi connectivity index (χ3v) is 4.98. The van der Waals surface area contributed by atoms with E-state index in [0.717, 1.165) is 18.2 Å². The lowest BCUT2D eigenvalue weighted by molar-refractivity contribution is -0.137. The summed E-state index contributed by atoms with van der Waals surface area (Å²) in [5.41, 5.74) is -0.905. The lowest BCUT2D eigenvalue weighted by Crippen LogP contribution is -2.46. The third kappa shape index (κ3) is 7.55. The standard InChI is InChI=1S/C15H20ClF3N4OS.HI/c1-20-14(23-11-3-2-6-25-9-11)21-4-5-24-13-12(16)7-10(8-22-13)15(17,18)19;/h7-8,11H,2-6,9H2,1H3,(H2,20,21,23);1H. The van der Waals surface area contributed by atoms with Gasteiger partial charge in [0.25, 0.3) is 0 Å². The molecule has 0 aromatic carbocycles. The molecule has 1 saturated heterocycles. The highest BCUT2D eigenvalue weighted by Gasteiger charge is 2.31. The summed E-state index contributed by atoms with van der Waals surface area (Å²) in [6, 6.07) is 1.19.